The third kappa shape index (κ3) is 2.61. The molecule has 108 valence electrons. The molecule has 2 aromatic rings. The van der Waals surface area contributed by atoms with E-state index in [1.165, 1.54) is 18.2 Å². The second kappa shape index (κ2) is 4.87. The Morgan fingerprint density at radius 2 is 1.81 bits per heavy atom. The Kier molecular flexibility index (Phi) is 3.15. The van der Waals surface area contributed by atoms with E-state index >= 15 is 0 Å². The quantitative estimate of drug-likeness (QED) is 0.876. The average Bonchev–Trinajstić information content (AvgIpc) is 2.46. The maximum Gasteiger partial charge on any atom is 0.270 e. The van der Waals surface area contributed by atoms with Crippen molar-refractivity contribution < 1.29 is 17.9 Å². The van der Waals surface area contributed by atoms with Gasteiger partial charge in [-0.2, -0.15) is 0 Å². The maximum absolute atomic E-state index is 12.1. The van der Waals surface area contributed by atoms with E-state index in [1.807, 2.05) is 18.2 Å². The molecule has 0 fully saturated rings. The number of sulfonamides is 1. The number of amides is 1. The number of primary sulfonamides is 1. The van der Waals surface area contributed by atoms with Crippen molar-refractivity contribution in [1.82, 2.24) is 0 Å². The number of ether oxygens (including phenoxy) is 1. The van der Waals surface area contributed by atoms with Crippen LogP contribution in [0.25, 0.3) is 0 Å². The number of hydrogen-bond donors (Lipinski definition) is 2. The molecule has 3 N–H and O–H groups in total. The van der Waals surface area contributed by atoms with E-state index in [0.29, 0.717) is 11.4 Å². The van der Waals surface area contributed by atoms with Crippen molar-refractivity contribution in [2.45, 2.75) is 11.0 Å². The highest BCUT2D eigenvalue weighted by Gasteiger charge is 2.29. The minimum absolute atomic E-state index is 0.0803. The van der Waals surface area contributed by atoms with Crippen LogP contribution in [0.1, 0.15) is 11.7 Å². The first-order valence-electron chi connectivity index (χ1n) is 6.14. The first-order chi connectivity index (χ1) is 9.95. The Labute approximate surface area is 121 Å². The second-order valence-electron chi connectivity index (χ2n) is 4.60. The van der Waals surface area contributed by atoms with Crippen LogP contribution in [0.4, 0.5) is 5.69 Å². The molecule has 1 aliphatic rings. The third-order valence-electron chi connectivity index (χ3n) is 3.12. The molecule has 2 aromatic carbocycles. The van der Waals surface area contributed by atoms with E-state index in [0.717, 1.165) is 5.56 Å². The summed E-state index contributed by atoms with van der Waals surface area (Å²) in [6.07, 6.45) is -0.765. The lowest BCUT2D eigenvalue weighted by Crippen LogP contribution is -2.30. The summed E-state index contributed by atoms with van der Waals surface area (Å²) in [5, 5.41) is 7.70. The number of nitrogens with two attached hydrogens (primary N) is 1. The average molecular weight is 304 g/mol. The predicted octanol–water partition coefficient (Wildman–Crippen LogP) is 1.41. The molecule has 1 aliphatic heterocycles. The van der Waals surface area contributed by atoms with Crippen molar-refractivity contribution >= 4 is 21.6 Å². The van der Waals surface area contributed by atoms with Gasteiger partial charge in [0.25, 0.3) is 5.91 Å². The minimum atomic E-state index is -3.83. The van der Waals surface area contributed by atoms with Crippen molar-refractivity contribution in [1.29, 1.82) is 0 Å². The number of anilines is 1. The molecule has 21 heavy (non-hydrogen) atoms. The van der Waals surface area contributed by atoms with Crippen LogP contribution in [0.5, 0.6) is 5.75 Å². The second-order valence-corrected chi connectivity index (χ2v) is 6.16. The van der Waals surface area contributed by atoms with Gasteiger partial charge in [-0.15, -0.1) is 0 Å². The zero-order valence-corrected chi connectivity index (χ0v) is 11.6. The summed E-state index contributed by atoms with van der Waals surface area (Å²) in [5.74, 6) is 0.0381. The maximum atomic E-state index is 12.1. The Balaban J connectivity index is 1.98. The standard InChI is InChI=1S/C14H12N2O4S/c15-21(18,19)10-6-7-12-11(8-10)16-14(17)13(20-12)9-4-2-1-3-5-9/h1-8,13H,(H,16,17)(H2,15,18,19). The number of hydrogen-bond acceptors (Lipinski definition) is 4. The number of rotatable bonds is 2. The Morgan fingerprint density at radius 3 is 2.48 bits per heavy atom. The molecule has 0 radical (unpaired) electrons. The van der Waals surface area contributed by atoms with Gasteiger partial charge in [0.1, 0.15) is 5.75 Å². The van der Waals surface area contributed by atoms with Gasteiger partial charge < -0.3 is 10.1 Å². The molecule has 6 nitrogen and oxygen atoms in total. The van der Waals surface area contributed by atoms with Crippen LogP contribution in [-0.2, 0) is 14.8 Å². The number of nitrogens with one attached hydrogen (secondary N) is 1. The van der Waals surface area contributed by atoms with Crippen LogP contribution < -0.4 is 15.2 Å². The lowest BCUT2D eigenvalue weighted by atomic mass is 10.1. The topological polar surface area (TPSA) is 98.5 Å². The summed E-state index contributed by atoms with van der Waals surface area (Å²) in [7, 11) is -3.83. The lowest BCUT2D eigenvalue weighted by Gasteiger charge is -2.26. The van der Waals surface area contributed by atoms with Crippen LogP contribution >= 0.6 is 0 Å². The minimum Gasteiger partial charge on any atom is -0.474 e. The fourth-order valence-corrected chi connectivity index (χ4v) is 2.65. The molecule has 0 bridgehead atoms. The number of carbonyl (C=O) groups is 1. The molecule has 1 atom stereocenters. The highest BCUT2D eigenvalue weighted by Crippen LogP contribution is 2.36. The van der Waals surface area contributed by atoms with Crippen LogP contribution in [-0.4, -0.2) is 14.3 Å². The fourth-order valence-electron chi connectivity index (χ4n) is 2.11. The summed E-state index contributed by atoms with van der Waals surface area (Å²) in [6.45, 7) is 0. The number of benzene rings is 2. The van der Waals surface area contributed by atoms with E-state index in [4.69, 9.17) is 9.88 Å². The van der Waals surface area contributed by atoms with Crippen molar-refractivity contribution in [3.63, 3.8) is 0 Å². The largest absolute Gasteiger partial charge is 0.474 e. The highest BCUT2D eigenvalue weighted by molar-refractivity contribution is 7.89. The summed E-state index contributed by atoms with van der Waals surface area (Å²) >= 11 is 0. The zero-order chi connectivity index (χ0) is 15.0. The Morgan fingerprint density at radius 1 is 1.10 bits per heavy atom. The molecule has 1 amide bonds. The van der Waals surface area contributed by atoms with Crippen molar-refractivity contribution in [2.75, 3.05) is 5.32 Å². The highest BCUT2D eigenvalue weighted by atomic mass is 32.2. The molecule has 0 aromatic heterocycles. The van der Waals surface area contributed by atoms with E-state index in [9.17, 15) is 13.2 Å². The molecule has 7 heteroatoms. The van der Waals surface area contributed by atoms with Gasteiger partial charge in [0.15, 0.2) is 0 Å². The van der Waals surface area contributed by atoms with Gasteiger partial charge in [-0.25, -0.2) is 13.6 Å². The van der Waals surface area contributed by atoms with Gasteiger partial charge in [0.05, 0.1) is 10.6 Å². The SMILES string of the molecule is NS(=O)(=O)c1ccc2c(c1)NC(=O)C(c1ccccc1)O2. The summed E-state index contributed by atoms with van der Waals surface area (Å²) in [6, 6.07) is 13.1. The van der Waals surface area contributed by atoms with E-state index in [2.05, 4.69) is 5.32 Å². The fraction of sp³-hybridized carbons (Fsp3) is 0.0714. The number of fused-ring (bicyclic) bond motifs is 1. The molecule has 3 rings (SSSR count). The smallest absolute Gasteiger partial charge is 0.270 e. The van der Waals surface area contributed by atoms with Gasteiger partial charge >= 0.3 is 0 Å². The van der Waals surface area contributed by atoms with Crippen LogP contribution in [0.15, 0.2) is 53.4 Å². The van der Waals surface area contributed by atoms with E-state index in [-0.39, 0.29) is 10.8 Å². The first-order valence-corrected chi connectivity index (χ1v) is 7.69. The van der Waals surface area contributed by atoms with Crippen molar-refractivity contribution in [3.8, 4) is 5.75 Å². The van der Waals surface area contributed by atoms with Crippen LogP contribution in [0, 0.1) is 0 Å². The monoisotopic (exact) mass is 304 g/mol. The molecule has 0 saturated heterocycles. The predicted molar refractivity (Wildman–Crippen MR) is 76.3 cm³/mol. The molecule has 0 saturated carbocycles. The van der Waals surface area contributed by atoms with Gasteiger partial charge in [0.2, 0.25) is 16.1 Å². The lowest BCUT2D eigenvalue weighted by molar-refractivity contribution is -0.123. The summed E-state index contributed by atoms with van der Waals surface area (Å²) < 4.78 is 28.3. The van der Waals surface area contributed by atoms with Crippen LogP contribution in [0.3, 0.4) is 0 Å². The number of carbonyl (C=O) groups excluding carboxylic acids is 1. The van der Waals surface area contributed by atoms with E-state index in [1.54, 1.807) is 12.1 Å². The first kappa shape index (κ1) is 13.6. The summed E-state index contributed by atoms with van der Waals surface area (Å²) in [5.41, 5.74) is 1.01. The molecular formula is C14H12N2O4S. The van der Waals surface area contributed by atoms with Crippen molar-refractivity contribution in [2.24, 2.45) is 5.14 Å². The molecule has 0 aliphatic carbocycles. The third-order valence-corrected chi connectivity index (χ3v) is 4.03. The summed E-state index contributed by atoms with van der Waals surface area (Å²) in [4.78, 5) is 12.0. The van der Waals surface area contributed by atoms with Gasteiger partial charge in [-0.05, 0) is 18.2 Å². The van der Waals surface area contributed by atoms with Gasteiger partial charge in [-0.3, -0.25) is 4.79 Å². The molecule has 0 spiro atoms. The van der Waals surface area contributed by atoms with Crippen molar-refractivity contribution in [3.05, 3.63) is 54.1 Å². The van der Waals surface area contributed by atoms with Crippen LogP contribution in [0.2, 0.25) is 0 Å². The Hall–Kier alpha value is -2.38. The zero-order valence-electron chi connectivity index (χ0n) is 10.8. The molecule has 1 heterocycles. The van der Waals surface area contributed by atoms with E-state index < -0.39 is 16.1 Å². The van der Waals surface area contributed by atoms with Gasteiger partial charge in [-0.1, -0.05) is 30.3 Å². The molecule has 1 unspecified atom stereocenters. The van der Waals surface area contributed by atoms with Gasteiger partial charge in [0, 0.05) is 5.56 Å². The molecular weight excluding hydrogens is 292 g/mol. The Bertz CT molecular complexity index is 803. The normalized spacial score (nSPS) is 17.6.